The lowest BCUT2D eigenvalue weighted by Crippen LogP contribution is -2.07. The van der Waals surface area contributed by atoms with Crippen molar-refractivity contribution < 1.29 is 0 Å². The smallest absolute Gasteiger partial charge is 0.257 e. The number of anilines is 1. The number of nitrogens with zero attached hydrogens (tertiary/aromatic N) is 7. The molecule has 0 unspecified atom stereocenters. The predicted octanol–water partition coefficient (Wildman–Crippen LogP) is 0.642. The summed E-state index contributed by atoms with van der Waals surface area (Å²) in [6, 6.07) is 0. The van der Waals surface area contributed by atoms with Gasteiger partial charge in [-0.2, -0.15) is 24.7 Å². The molecule has 3 heterocycles. The first-order valence-electron chi connectivity index (χ1n) is 4.75. The van der Waals surface area contributed by atoms with Crippen LogP contribution in [0.25, 0.3) is 5.95 Å². The van der Waals surface area contributed by atoms with E-state index >= 15 is 0 Å². The molecule has 0 aromatic carbocycles. The molecule has 8 nitrogen and oxygen atoms in total. The zero-order valence-corrected chi connectivity index (χ0v) is 10.5. The Morgan fingerprint density at radius 1 is 1.28 bits per heavy atom. The Balaban J connectivity index is 1.96. The van der Waals surface area contributed by atoms with E-state index in [9.17, 15) is 0 Å². The molecule has 0 fully saturated rings. The van der Waals surface area contributed by atoms with Crippen molar-refractivity contribution in [1.29, 1.82) is 0 Å². The van der Waals surface area contributed by atoms with E-state index in [2.05, 4.69) is 30.0 Å². The number of aromatic nitrogens is 7. The second kappa shape index (κ2) is 4.66. The van der Waals surface area contributed by atoms with Gasteiger partial charge in [-0.1, -0.05) is 0 Å². The fraction of sp³-hybridized carbons (Fsp3) is 0. The summed E-state index contributed by atoms with van der Waals surface area (Å²) in [5.41, 5.74) is 5.64. The highest BCUT2D eigenvalue weighted by atomic mass is 32.2. The minimum atomic E-state index is 0.134. The molecule has 0 amide bonds. The Labute approximate surface area is 109 Å². The molecule has 0 saturated heterocycles. The minimum absolute atomic E-state index is 0.134. The number of hydrogen-bond donors (Lipinski definition) is 1. The van der Waals surface area contributed by atoms with Gasteiger partial charge in [0.2, 0.25) is 11.1 Å². The molecule has 3 rings (SSSR count). The van der Waals surface area contributed by atoms with Crippen LogP contribution in [0.4, 0.5) is 5.95 Å². The van der Waals surface area contributed by atoms with Gasteiger partial charge in [-0.15, -0.1) is 11.3 Å². The number of thiazole rings is 1. The van der Waals surface area contributed by atoms with Crippen molar-refractivity contribution in [3.8, 4) is 5.95 Å². The fourth-order valence-electron chi connectivity index (χ4n) is 1.16. The largest absolute Gasteiger partial charge is 0.368 e. The summed E-state index contributed by atoms with van der Waals surface area (Å²) in [5.74, 6) is 0.466. The van der Waals surface area contributed by atoms with Crippen LogP contribution in [0.2, 0.25) is 0 Å². The number of hydrogen-bond acceptors (Lipinski definition) is 9. The highest BCUT2D eigenvalue weighted by Crippen LogP contribution is 2.26. The summed E-state index contributed by atoms with van der Waals surface area (Å²) in [5, 5.41) is 6.30. The molecule has 0 aliphatic carbocycles. The van der Waals surface area contributed by atoms with Gasteiger partial charge in [-0.25, -0.2) is 9.97 Å². The number of nitrogens with two attached hydrogens (primary N) is 1. The van der Waals surface area contributed by atoms with Gasteiger partial charge in [0.1, 0.15) is 12.7 Å². The topological polar surface area (TPSA) is 108 Å². The van der Waals surface area contributed by atoms with E-state index in [1.165, 1.54) is 40.4 Å². The molecule has 90 valence electrons. The lowest BCUT2D eigenvalue weighted by atomic mass is 10.9. The van der Waals surface area contributed by atoms with Crippen LogP contribution in [0.5, 0.6) is 0 Å². The third kappa shape index (κ3) is 2.28. The highest BCUT2D eigenvalue weighted by Gasteiger charge is 2.09. The molecule has 0 radical (unpaired) electrons. The van der Waals surface area contributed by atoms with Crippen molar-refractivity contribution in [2.24, 2.45) is 0 Å². The van der Waals surface area contributed by atoms with Crippen LogP contribution in [-0.4, -0.2) is 34.7 Å². The molecule has 0 saturated carbocycles. The normalized spacial score (nSPS) is 10.7. The van der Waals surface area contributed by atoms with E-state index in [1.54, 1.807) is 6.20 Å². The molecular formula is C8H6N8S2. The Kier molecular flexibility index (Phi) is 2.86. The van der Waals surface area contributed by atoms with Crippen molar-refractivity contribution in [3.05, 3.63) is 24.2 Å². The zero-order chi connectivity index (χ0) is 12.4. The lowest BCUT2D eigenvalue weighted by Gasteiger charge is -2.02. The van der Waals surface area contributed by atoms with Crippen molar-refractivity contribution in [1.82, 2.24) is 34.7 Å². The van der Waals surface area contributed by atoms with Crippen LogP contribution in [-0.2, 0) is 0 Å². The first kappa shape index (κ1) is 11.0. The summed E-state index contributed by atoms with van der Waals surface area (Å²) in [6.07, 6.45) is 4.61. The molecule has 18 heavy (non-hydrogen) atoms. The van der Waals surface area contributed by atoms with Crippen LogP contribution in [0.15, 0.2) is 33.7 Å². The van der Waals surface area contributed by atoms with Gasteiger partial charge in [0.15, 0.2) is 4.34 Å². The average Bonchev–Trinajstić information content (AvgIpc) is 3.00. The summed E-state index contributed by atoms with van der Waals surface area (Å²) in [4.78, 5) is 20.2. The maximum absolute atomic E-state index is 5.64. The van der Waals surface area contributed by atoms with Gasteiger partial charge >= 0.3 is 0 Å². The van der Waals surface area contributed by atoms with E-state index in [0.29, 0.717) is 11.1 Å². The fourth-order valence-corrected chi connectivity index (χ4v) is 2.64. The van der Waals surface area contributed by atoms with Gasteiger partial charge < -0.3 is 5.73 Å². The van der Waals surface area contributed by atoms with Gasteiger partial charge in [0.05, 0.1) is 0 Å². The molecule has 3 aromatic heterocycles. The van der Waals surface area contributed by atoms with Crippen LogP contribution in [0.1, 0.15) is 0 Å². The Morgan fingerprint density at radius 3 is 2.94 bits per heavy atom. The van der Waals surface area contributed by atoms with E-state index in [0.717, 1.165) is 4.34 Å². The highest BCUT2D eigenvalue weighted by molar-refractivity contribution is 8.00. The van der Waals surface area contributed by atoms with Gasteiger partial charge in [0.25, 0.3) is 5.95 Å². The SMILES string of the molecule is Nc1nc(Sc2nccs2)nc(-n2cncn2)n1. The molecule has 10 heteroatoms. The van der Waals surface area contributed by atoms with E-state index < -0.39 is 0 Å². The third-order valence-corrected chi connectivity index (χ3v) is 3.58. The lowest BCUT2D eigenvalue weighted by molar-refractivity contribution is 0.763. The van der Waals surface area contributed by atoms with Crippen LogP contribution >= 0.6 is 23.1 Å². The van der Waals surface area contributed by atoms with Crippen LogP contribution < -0.4 is 5.73 Å². The van der Waals surface area contributed by atoms with Crippen LogP contribution in [0, 0.1) is 0 Å². The third-order valence-electron chi connectivity index (χ3n) is 1.83. The molecule has 3 aromatic rings. The van der Waals surface area contributed by atoms with Crippen molar-refractivity contribution in [3.63, 3.8) is 0 Å². The maximum Gasteiger partial charge on any atom is 0.257 e. The Hall–Kier alpha value is -2.07. The Bertz CT molecular complexity index is 635. The van der Waals surface area contributed by atoms with Gasteiger partial charge in [-0.05, 0) is 11.8 Å². The Morgan fingerprint density at radius 2 is 2.22 bits per heavy atom. The van der Waals surface area contributed by atoms with Crippen molar-refractivity contribution in [2.45, 2.75) is 9.50 Å². The molecule has 0 aliphatic rings. The summed E-state index contributed by atoms with van der Waals surface area (Å²) in [6.45, 7) is 0. The quantitative estimate of drug-likeness (QED) is 0.743. The standard InChI is InChI=1S/C8H6N8S2/c9-5-13-6(16-4-10-3-12-16)15-7(14-5)18-8-11-1-2-17-8/h1-4H,(H2,9,13,14,15). The van der Waals surface area contributed by atoms with Gasteiger partial charge in [0, 0.05) is 11.6 Å². The maximum atomic E-state index is 5.64. The first-order chi connectivity index (χ1) is 8.81. The van der Waals surface area contributed by atoms with E-state index in [1.807, 2.05) is 5.38 Å². The summed E-state index contributed by atoms with van der Waals surface area (Å²) in [7, 11) is 0. The summed E-state index contributed by atoms with van der Waals surface area (Å²) < 4.78 is 2.26. The van der Waals surface area contributed by atoms with Crippen molar-refractivity contribution >= 4 is 29.0 Å². The monoisotopic (exact) mass is 278 g/mol. The molecular weight excluding hydrogens is 272 g/mol. The number of nitrogen functional groups attached to an aromatic ring is 1. The van der Waals surface area contributed by atoms with Crippen LogP contribution in [0.3, 0.4) is 0 Å². The molecule has 0 aliphatic heterocycles. The van der Waals surface area contributed by atoms with Crippen molar-refractivity contribution in [2.75, 3.05) is 5.73 Å². The zero-order valence-electron chi connectivity index (χ0n) is 8.83. The molecule has 2 N–H and O–H groups in total. The number of rotatable bonds is 3. The average molecular weight is 278 g/mol. The molecule has 0 atom stereocenters. The summed E-state index contributed by atoms with van der Waals surface area (Å²) >= 11 is 2.83. The van der Waals surface area contributed by atoms with E-state index in [4.69, 9.17) is 5.73 Å². The second-order valence-electron chi connectivity index (χ2n) is 3.02. The predicted molar refractivity (Wildman–Crippen MR) is 65.4 cm³/mol. The van der Waals surface area contributed by atoms with E-state index in [-0.39, 0.29) is 5.95 Å². The van der Waals surface area contributed by atoms with Gasteiger partial charge in [-0.3, -0.25) is 0 Å². The first-order valence-corrected chi connectivity index (χ1v) is 6.45. The second-order valence-corrected chi connectivity index (χ2v) is 5.13. The molecule has 0 bridgehead atoms. The molecule has 0 spiro atoms. The minimum Gasteiger partial charge on any atom is -0.368 e.